The maximum absolute atomic E-state index is 14.5. The van der Waals surface area contributed by atoms with Crippen LogP contribution in [0.4, 0.5) is 0 Å². The van der Waals surface area contributed by atoms with Crippen LogP contribution in [0.15, 0.2) is 53.9 Å². The Kier molecular flexibility index (Phi) is 20.8. The van der Waals surface area contributed by atoms with Gasteiger partial charge in [0.1, 0.15) is 24.6 Å². The van der Waals surface area contributed by atoms with E-state index < -0.39 is 77.8 Å². The number of aliphatic hydroxyl groups excluding tert-OH is 1. The van der Waals surface area contributed by atoms with Crippen molar-refractivity contribution in [2.45, 2.75) is 180 Å². The van der Waals surface area contributed by atoms with Gasteiger partial charge in [0, 0.05) is 58.5 Å². The molecule has 1 aliphatic carbocycles. The Hall–Kier alpha value is -4.26. The van der Waals surface area contributed by atoms with Crippen molar-refractivity contribution in [2.75, 3.05) is 27.9 Å². The fourth-order valence-corrected chi connectivity index (χ4v) is 10.8. The van der Waals surface area contributed by atoms with E-state index in [-0.39, 0.29) is 60.9 Å². The number of piperidine rings is 1. The highest BCUT2D eigenvalue weighted by Crippen LogP contribution is 2.39. The minimum absolute atomic E-state index is 0.0197. The van der Waals surface area contributed by atoms with Gasteiger partial charge in [-0.3, -0.25) is 19.2 Å². The maximum Gasteiger partial charge on any atom is 0.329 e. The van der Waals surface area contributed by atoms with E-state index in [0.29, 0.717) is 56.9 Å². The van der Waals surface area contributed by atoms with Crippen LogP contribution in [0.5, 0.6) is 0 Å². The van der Waals surface area contributed by atoms with Crippen LogP contribution in [0.25, 0.3) is 0 Å². The molecular formula is C52H79N5O12. The molecular weight excluding hydrogens is 887 g/mol. The Balaban J connectivity index is 1.46. The SMILES string of the molecule is COC1C(=O)C(C)C[C@H](C)C=CC=CC=C(C)[C@@H](OC)CC2CC[C@@H](C)[C@@](O)(O2)C(=O)C(=O)N2CCCC[C@H]2C(=O)O[C@H]([C@H](C)C[C@@H]2CCC(n3cnnn3)[C@H](OC)C2)CC(=O)C(C)=CC(C)[C@H]1O. The number of cyclic esters (lactones) is 1. The van der Waals surface area contributed by atoms with E-state index in [1.807, 2.05) is 58.1 Å². The van der Waals surface area contributed by atoms with Crippen molar-refractivity contribution < 1.29 is 57.9 Å². The number of aromatic nitrogens is 4. The summed E-state index contributed by atoms with van der Waals surface area (Å²) < 4.78 is 31.6. The van der Waals surface area contributed by atoms with E-state index in [1.165, 1.54) is 12.0 Å². The number of ketones is 3. The molecule has 1 aromatic heterocycles. The van der Waals surface area contributed by atoms with Crippen molar-refractivity contribution in [3.05, 3.63) is 53.9 Å². The molecule has 4 heterocycles. The third kappa shape index (κ3) is 14.2. The van der Waals surface area contributed by atoms with Crippen molar-refractivity contribution in [1.29, 1.82) is 0 Å². The number of tetrazole rings is 1. The largest absolute Gasteiger partial charge is 0.460 e. The molecule has 17 heteroatoms. The quantitative estimate of drug-likeness (QED) is 0.235. The van der Waals surface area contributed by atoms with Gasteiger partial charge in [0.05, 0.1) is 30.5 Å². The van der Waals surface area contributed by atoms with E-state index >= 15 is 0 Å². The first-order valence-electron chi connectivity index (χ1n) is 25.0. The summed E-state index contributed by atoms with van der Waals surface area (Å²) in [5.41, 5.74) is 1.20. The number of hydrogen-bond donors (Lipinski definition) is 2. The number of carbonyl (C=O) groups is 5. The van der Waals surface area contributed by atoms with Crippen LogP contribution in [0.3, 0.4) is 0 Å². The second-order valence-electron chi connectivity index (χ2n) is 20.4. The standard InChI is InChI=1S/C52H79N5O12/c1-31-16-12-11-13-17-32(2)43(65-8)28-39-21-19-37(7)52(64,69-39)49(61)50(62)56-23-15-14-18-41(56)51(63)68-44(34(4)26-38-20-22-40(45(27-38)66-9)57-30-53-54-55-57)29-42(58)33(3)25-36(6)47(60)48(67-10)46(59)35(5)24-31/h11-13,16-17,25,30-31,34-41,43-45,47-48,60,64H,14-15,18-24,26-29H2,1-10H3/t31-,34-,35?,36?,37-,38+,39?,40?,41+,43+,44+,45-,47-,48?,52-/m1/s1. The number of nitrogens with zero attached hydrogens (tertiary/aromatic N) is 5. The van der Waals surface area contributed by atoms with Crippen LogP contribution in [0, 0.1) is 35.5 Å². The minimum atomic E-state index is -2.43. The number of ether oxygens (including phenoxy) is 5. The molecule has 15 atom stereocenters. The van der Waals surface area contributed by atoms with Crippen molar-refractivity contribution >= 4 is 29.2 Å². The number of methoxy groups -OCH3 is 3. The first-order chi connectivity index (χ1) is 32.8. The summed E-state index contributed by atoms with van der Waals surface area (Å²) in [6.45, 7) is 12.8. The summed E-state index contributed by atoms with van der Waals surface area (Å²) in [7, 11) is 4.63. The van der Waals surface area contributed by atoms with Gasteiger partial charge in [0.15, 0.2) is 11.6 Å². The van der Waals surface area contributed by atoms with E-state index in [2.05, 4.69) is 15.5 Å². The Labute approximate surface area is 408 Å². The second-order valence-corrected chi connectivity index (χ2v) is 20.4. The van der Waals surface area contributed by atoms with E-state index in [1.54, 1.807) is 52.1 Å². The van der Waals surface area contributed by atoms with Crippen molar-refractivity contribution in [1.82, 2.24) is 25.1 Å². The molecule has 2 N–H and O–H groups in total. The van der Waals surface area contributed by atoms with Gasteiger partial charge in [-0.05, 0) is 117 Å². The number of fused-ring (bicyclic) bond motifs is 3. The first kappa shape index (κ1) is 55.7. The summed E-state index contributed by atoms with van der Waals surface area (Å²) in [5, 5.41) is 35.2. The zero-order valence-electron chi connectivity index (χ0n) is 42.5. The molecule has 0 radical (unpaired) electrons. The van der Waals surface area contributed by atoms with Crippen molar-refractivity contribution in [3.8, 4) is 0 Å². The van der Waals surface area contributed by atoms with E-state index in [0.717, 1.165) is 18.4 Å². The van der Waals surface area contributed by atoms with Gasteiger partial charge >= 0.3 is 5.97 Å². The van der Waals surface area contributed by atoms with E-state index in [4.69, 9.17) is 23.7 Å². The topological polar surface area (TPSA) is 219 Å². The first-order valence-corrected chi connectivity index (χ1v) is 25.0. The summed E-state index contributed by atoms with van der Waals surface area (Å²) in [4.78, 5) is 72.3. The minimum Gasteiger partial charge on any atom is -0.460 e. The Bertz CT molecular complexity index is 2020. The number of esters is 1. The fraction of sp³-hybridized carbons (Fsp3) is 0.731. The zero-order valence-corrected chi connectivity index (χ0v) is 42.5. The molecule has 3 aliphatic heterocycles. The lowest BCUT2D eigenvalue weighted by atomic mass is 9.77. The number of amides is 1. The lowest BCUT2D eigenvalue weighted by Gasteiger charge is -2.42. The lowest BCUT2D eigenvalue weighted by molar-refractivity contribution is -0.265. The Morgan fingerprint density at radius 1 is 0.899 bits per heavy atom. The zero-order chi connectivity index (χ0) is 50.6. The van der Waals surface area contributed by atoms with Gasteiger partial charge in [0.2, 0.25) is 5.79 Å². The molecule has 3 fully saturated rings. The summed E-state index contributed by atoms with van der Waals surface area (Å²) in [6.07, 6.45) is 14.0. The molecule has 2 bridgehead atoms. The average molecular weight is 966 g/mol. The number of hydrogen-bond acceptors (Lipinski definition) is 15. The Morgan fingerprint density at radius 2 is 1.65 bits per heavy atom. The molecule has 1 saturated carbocycles. The van der Waals surface area contributed by atoms with E-state index in [9.17, 15) is 34.2 Å². The predicted octanol–water partition coefficient (Wildman–Crippen LogP) is 6.05. The van der Waals surface area contributed by atoms with Crippen LogP contribution < -0.4 is 0 Å². The van der Waals surface area contributed by atoms with Gasteiger partial charge in [-0.15, -0.1) is 5.10 Å². The highest BCUT2D eigenvalue weighted by molar-refractivity contribution is 6.39. The normalized spacial score (nSPS) is 36.3. The summed E-state index contributed by atoms with van der Waals surface area (Å²) >= 11 is 0. The predicted molar refractivity (Wildman–Crippen MR) is 256 cm³/mol. The van der Waals surface area contributed by atoms with Crippen LogP contribution >= 0.6 is 0 Å². The molecule has 5 rings (SSSR count). The summed E-state index contributed by atoms with van der Waals surface area (Å²) in [5.74, 6) is -7.89. The van der Waals surface area contributed by atoms with Crippen molar-refractivity contribution in [2.24, 2.45) is 35.5 Å². The Morgan fingerprint density at radius 3 is 2.33 bits per heavy atom. The van der Waals surface area contributed by atoms with Crippen LogP contribution in [-0.2, 0) is 47.7 Å². The van der Waals surface area contributed by atoms with Gasteiger partial charge in [-0.2, -0.15) is 0 Å². The number of rotatable bonds is 7. The highest BCUT2D eigenvalue weighted by atomic mass is 16.6. The van der Waals surface area contributed by atoms with Gasteiger partial charge in [0.25, 0.3) is 11.7 Å². The molecule has 1 aromatic rings. The average Bonchev–Trinajstić information content (AvgIpc) is 3.88. The molecule has 2 saturated heterocycles. The molecule has 17 nitrogen and oxygen atoms in total. The molecule has 384 valence electrons. The third-order valence-electron chi connectivity index (χ3n) is 15.2. The molecule has 0 aromatic carbocycles. The second kappa shape index (κ2) is 25.7. The smallest absolute Gasteiger partial charge is 0.329 e. The lowest BCUT2D eigenvalue weighted by Crippen LogP contribution is -2.61. The molecule has 69 heavy (non-hydrogen) atoms. The number of carbonyl (C=O) groups excluding carboxylic acids is 5. The van der Waals surface area contributed by atoms with Crippen LogP contribution in [-0.4, -0.2) is 141 Å². The maximum atomic E-state index is 14.5. The van der Waals surface area contributed by atoms with Crippen LogP contribution in [0.1, 0.15) is 132 Å². The summed E-state index contributed by atoms with van der Waals surface area (Å²) in [6, 6.07) is -1.20. The molecule has 4 aliphatic rings. The monoisotopic (exact) mass is 966 g/mol. The number of aliphatic hydroxyl groups is 2. The number of allylic oxidation sites excluding steroid dienone is 6. The molecule has 5 unspecified atom stereocenters. The molecule has 1 amide bonds. The van der Waals surface area contributed by atoms with Gasteiger partial charge in [-0.1, -0.05) is 71.1 Å². The highest BCUT2D eigenvalue weighted by Gasteiger charge is 2.53. The fourth-order valence-electron chi connectivity index (χ4n) is 10.8. The number of Topliss-reactive ketones (excluding diaryl/α,β-unsaturated/α-hetero) is 3. The third-order valence-corrected chi connectivity index (χ3v) is 15.2. The van der Waals surface area contributed by atoms with Crippen LogP contribution in [0.2, 0.25) is 0 Å². The van der Waals surface area contributed by atoms with Gasteiger partial charge < -0.3 is 38.8 Å². The molecule has 0 spiro atoms. The van der Waals surface area contributed by atoms with Gasteiger partial charge in [-0.25, -0.2) is 9.48 Å². The van der Waals surface area contributed by atoms with Crippen molar-refractivity contribution in [3.63, 3.8) is 0 Å².